The minimum atomic E-state index is 0. The fourth-order valence-electron chi connectivity index (χ4n) is 2.61. The molecule has 0 atom stereocenters. The van der Waals surface area contributed by atoms with E-state index in [1.807, 2.05) is 88.5 Å². The van der Waals surface area contributed by atoms with Crippen molar-refractivity contribution in [2.45, 2.75) is 0 Å². The molecule has 3 aromatic carbocycles. The average molecular weight is 371 g/mol. The third-order valence-corrected chi connectivity index (χ3v) is 4.05. The molecule has 126 valence electrons. The molecule has 0 bridgehead atoms. The second-order valence-electron chi connectivity index (χ2n) is 5.43. The Balaban J connectivity index is 0.00000182. The van der Waals surface area contributed by atoms with E-state index >= 15 is 0 Å². The van der Waals surface area contributed by atoms with Crippen LogP contribution in [0.2, 0.25) is 5.02 Å². The molecule has 0 saturated heterocycles. The van der Waals surface area contributed by atoms with Gasteiger partial charge in [-0.2, -0.15) is 5.43 Å². The molecule has 1 aliphatic rings. The molecule has 1 heterocycles. The zero-order valence-corrected chi connectivity index (χ0v) is 14.8. The molecule has 0 amide bonds. The van der Waals surface area contributed by atoms with Gasteiger partial charge in [-0.1, -0.05) is 53.1 Å². The van der Waals surface area contributed by atoms with E-state index in [-0.39, 0.29) is 12.4 Å². The summed E-state index contributed by atoms with van der Waals surface area (Å²) in [6.07, 6.45) is 0. The topological polar surface area (TPSA) is 35.5 Å². The molecule has 25 heavy (non-hydrogen) atoms. The second kappa shape index (κ2) is 7.57. The normalized spacial score (nSPS) is 13.4. The summed E-state index contributed by atoms with van der Waals surface area (Å²) in [7, 11) is 0. The molecule has 3 aromatic rings. The number of rotatable bonds is 3. The van der Waals surface area contributed by atoms with E-state index in [0.717, 1.165) is 27.8 Å². The highest BCUT2D eigenvalue weighted by atomic mass is 35.5. The van der Waals surface area contributed by atoms with Crippen molar-refractivity contribution < 1.29 is 17.8 Å². The number of para-hydroxylation sites is 2. The van der Waals surface area contributed by atoms with Crippen LogP contribution >= 0.6 is 11.6 Å². The first kappa shape index (κ1) is 17.3. The summed E-state index contributed by atoms with van der Waals surface area (Å²) in [5.41, 5.74) is 5.11. The second-order valence-corrected chi connectivity index (χ2v) is 5.86. The van der Waals surface area contributed by atoms with Crippen molar-refractivity contribution in [2.24, 2.45) is 5.10 Å². The molecular weight excluding hydrogens is 355 g/mol. The van der Waals surface area contributed by atoms with Gasteiger partial charge in [0.2, 0.25) is 0 Å². The number of hydrogen-bond donors (Lipinski definition) is 1. The Hall–Kier alpha value is -2.53. The van der Waals surface area contributed by atoms with E-state index in [9.17, 15) is 0 Å². The highest BCUT2D eigenvalue weighted by Crippen LogP contribution is 2.22. The zero-order valence-electron chi connectivity index (χ0n) is 13.3. The maximum Gasteiger partial charge on any atom is 0.277 e. The highest BCUT2D eigenvalue weighted by Gasteiger charge is 2.30. The minimum absolute atomic E-state index is 0. The van der Waals surface area contributed by atoms with Crippen LogP contribution in [-0.4, -0.2) is 5.84 Å². The Labute approximate surface area is 157 Å². The highest BCUT2D eigenvalue weighted by molar-refractivity contribution is 6.30. The number of anilines is 2. The zero-order chi connectivity index (χ0) is 16.4. The molecule has 0 unspecified atom stereocenters. The summed E-state index contributed by atoms with van der Waals surface area (Å²) >= 11 is 6.00. The predicted molar refractivity (Wildman–Crippen MR) is 97.8 cm³/mol. The lowest BCUT2D eigenvalue weighted by molar-refractivity contribution is -0.545. The number of hydrazone groups is 1. The fraction of sp³-hybridized carbons (Fsp3) is 0. The molecular formula is C19H16Cl2N4. The van der Waals surface area contributed by atoms with Crippen LogP contribution in [-0.2, 0) is 0 Å². The summed E-state index contributed by atoms with van der Waals surface area (Å²) in [5, 5.41) is 9.46. The SMILES string of the molecule is Clc1ccc(C2=NN(c3ccccc3)N(c3ccccc3)[NH2+]2)cc1.[Cl-]. The first-order valence-electron chi connectivity index (χ1n) is 7.70. The molecule has 4 rings (SSSR count). The van der Waals surface area contributed by atoms with Gasteiger partial charge in [0.05, 0.1) is 11.3 Å². The largest absolute Gasteiger partial charge is 1.00 e. The predicted octanol–water partition coefficient (Wildman–Crippen LogP) is 0.426. The van der Waals surface area contributed by atoms with Crippen LogP contribution in [0.25, 0.3) is 0 Å². The molecule has 0 fully saturated rings. The summed E-state index contributed by atoms with van der Waals surface area (Å²) < 4.78 is 0. The van der Waals surface area contributed by atoms with Gasteiger partial charge in [0.25, 0.3) is 5.84 Å². The van der Waals surface area contributed by atoms with Crippen LogP contribution in [0.4, 0.5) is 11.4 Å². The molecule has 0 aliphatic carbocycles. The van der Waals surface area contributed by atoms with Gasteiger partial charge < -0.3 is 12.4 Å². The van der Waals surface area contributed by atoms with Crippen molar-refractivity contribution in [3.63, 3.8) is 0 Å². The monoisotopic (exact) mass is 370 g/mol. The van der Waals surface area contributed by atoms with Crippen molar-refractivity contribution in [3.8, 4) is 0 Å². The lowest BCUT2D eigenvalue weighted by atomic mass is 10.2. The number of quaternary nitrogens is 1. The lowest BCUT2D eigenvalue weighted by Gasteiger charge is -2.23. The van der Waals surface area contributed by atoms with Crippen LogP contribution in [0.15, 0.2) is 90.0 Å². The molecule has 4 nitrogen and oxygen atoms in total. The summed E-state index contributed by atoms with van der Waals surface area (Å²) in [6.45, 7) is 0. The van der Waals surface area contributed by atoms with Gasteiger partial charge in [-0.3, -0.25) is 0 Å². The first-order valence-corrected chi connectivity index (χ1v) is 8.08. The molecule has 0 radical (unpaired) electrons. The van der Waals surface area contributed by atoms with Crippen LogP contribution in [0.5, 0.6) is 0 Å². The smallest absolute Gasteiger partial charge is 0.277 e. The van der Waals surface area contributed by atoms with Gasteiger partial charge in [0.1, 0.15) is 5.69 Å². The third-order valence-electron chi connectivity index (χ3n) is 3.80. The van der Waals surface area contributed by atoms with E-state index < -0.39 is 0 Å². The van der Waals surface area contributed by atoms with Gasteiger partial charge in [0.15, 0.2) is 0 Å². The molecule has 1 aliphatic heterocycles. The number of nitrogens with zero attached hydrogens (tertiary/aromatic N) is 3. The Morgan fingerprint density at radius 1 is 0.720 bits per heavy atom. The quantitative estimate of drug-likeness (QED) is 0.678. The molecule has 0 saturated carbocycles. The van der Waals surface area contributed by atoms with E-state index in [0.29, 0.717) is 0 Å². The molecule has 2 N–H and O–H groups in total. The van der Waals surface area contributed by atoms with Crippen molar-refractivity contribution in [2.75, 3.05) is 10.2 Å². The van der Waals surface area contributed by atoms with Gasteiger partial charge in [-0.25, -0.2) is 0 Å². The van der Waals surface area contributed by atoms with Crippen LogP contribution < -0.4 is 28.1 Å². The molecule has 0 spiro atoms. The molecule has 0 aromatic heterocycles. The fourth-order valence-corrected chi connectivity index (χ4v) is 2.73. The lowest BCUT2D eigenvalue weighted by Crippen LogP contribution is -3.00. The van der Waals surface area contributed by atoms with Crippen LogP contribution in [0.1, 0.15) is 5.56 Å². The van der Waals surface area contributed by atoms with Crippen LogP contribution in [0, 0.1) is 0 Å². The first-order chi connectivity index (χ1) is 11.8. The summed E-state index contributed by atoms with van der Waals surface area (Å²) in [5.74, 6) is 0.888. The van der Waals surface area contributed by atoms with E-state index in [4.69, 9.17) is 16.7 Å². The van der Waals surface area contributed by atoms with Crippen molar-refractivity contribution in [3.05, 3.63) is 95.5 Å². The Morgan fingerprint density at radius 3 is 1.88 bits per heavy atom. The number of benzene rings is 3. The number of nitrogens with two attached hydrogens (primary N) is 1. The summed E-state index contributed by atoms with van der Waals surface area (Å²) in [4.78, 5) is 0. The molecule has 6 heteroatoms. The number of hydrazine groups is 1. The Kier molecular flexibility index (Phi) is 5.24. The number of hydrogen-bond acceptors (Lipinski definition) is 3. The van der Waals surface area contributed by atoms with Gasteiger partial charge in [-0.15, -0.1) is 10.2 Å². The van der Waals surface area contributed by atoms with Crippen molar-refractivity contribution in [1.82, 2.24) is 0 Å². The van der Waals surface area contributed by atoms with Crippen LogP contribution in [0.3, 0.4) is 0 Å². The van der Waals surface area contributed by atoms with Gasteiger partial charge in [0, 0.05) is 5.02 Å². The Morgan fingerprint density at radius 2 is 1.28 bits per heavy atom. The minimum Gasteiger partial charge on any atom is -1.00 e. The number of halogens is 2. The maximum absolute atomic E-state index is 6.00. The average Bonchev–Trinajstić information content (AvgIpc) is 3.09. The van der Waals surface area contributed by atoms with Gasteiger partial charge >= 0.3 is 0 Å². The van der Waals surface area contributed by atoms with Gasteiger partial charge in [-0.05, 0) is 48.5 Å². The van der Waals surface area contributed by atoms with E-state index in [1.165, 1.54) is 0 Å². The Bertz CT molecular complexity index is 852. The number of amidine groups is 1. The maximum atomic E-state index is 6.00. The van der Waals surface area contributed by atoms with Crippen molar-refractivity contribution in [1.29, 1.82) is 0 Å². The van der Waals surface area contributed by atoms with E-state index in [1.54, 1.807) is 0 Å². The third kappa shape index (κ3) is 3.61. The standard InChI is InChI=1S/C19H15ClN4.ClH/c20-16-13-11-15(12-14-16)19-21-23(17-7-3-1-4-8-17)24(22-19)18-9-5-2-6-10-18;/h1-14H,(H,21,22);1H. The summed E-state index contributed by atoms with van der Waals surface area (Å²) in [6, 6.07) is 28.0. The van der Waals surface area contributed by atoms with E-state index in [2.05, 4.69) is 12.1 Å². The van der Waals surface area contributed by atoms with Crippen molar-refractivity contribution >= 4 is 28.8 Å².